The summed E-state index contributed by atoms with van der Waals surface area (Å²) in [5.74, 6) is -0.194. The van der Waals surface area contributed by atoms with Crippen molar-refractivity contribution in [2.24, 2.45) is 5.92 Å². The number of β-amino-alcohol motifs (C(OH)–C–C–N with tert-alkyl or cyclic N) is 1. The zero-order valence-corrected chi connectivity index (χ0v) is 12.7. The Hall–Kier alpha value is -1.88. The minimum atomic E-state index is -0.780. The van der Waals surface area contributed by atoms with Crippen molar-refractivity contribution in [2.75, 3.05) is 26.7 Å². The molecule has 0 aliphatic carbocycles. The maximum atomic E-state index is 12.2. The largest absolute Gasteiger partial charge is 0.386 e. The topological polar surface area (TPSA) is 60.9 Å². The summed E-state index contributed by atoms with van der Waals surface area (Å²) in [6.45, 7) is 4.59. The Morgan fingerprint density at radius 3 is 2.38 bits per heavy atom. The summed E-state index contributed by atoms with van der Waals surface area (Å²) in [5, 5.41) is 10.2. The number of aliphatic hydroxyl groups is 1. The molecule has 114 valence electrons. The molecule has 1 aliphatic rings. The number of nitrogens with zero attached hydrogens (tertiary/aromatic N) is 2. The summed E-state index contributed by atoms with van der Waals surface area (Å²) in [5.41, 5.74) is -0.215. The minimum Gasteiger partial charge on any atom is -0.386 e. The molecule has 5 nitrogen and oxygen atoms in total. The molecule has 2 rings (SSSR count). The Morgan fingerprint density at radius 1 is 1.29 bits per heavy atom. The SMILES string of the molecule is CC(C)C1(O)CN(C(=O)CN(C)C(=O)c2ccccc2)C1. The van der Waals surface area contributed by atoms with Crippen LogP contribution < -0.4 is 0 Å². The van der Waals surface area contributed by atoms with Gasteiger partial charge in [-0.05, 0) is 18.1 Å². The van der Waals surface area contributed by atoms with Crippen molar-refractivity contribution < 1.29 is 14.7 Å². The summed E-state index contributed by atoms with van der Waals surface area (Å²) >= 11 is 0. The van der Waals surface area contributed by atoms with Crippen LogP contribution in [-0.2, 0) is 4.79 Å². The highest BCUT2D eigenvalue weighted by atomic mass is 16.3. The van der Waals surface area contributed by atoms with Crippen LogP contribution in [0.3, 0.4) is 0 Å². The number of likely N-dealkylation sites (tertiary alicyclic amines) is 1. The van der Waals surface area contributed by atoms with E-state index in [0.717, 1.165) is 0 Å². The van der Waals surface area contributed by atoms with Crippen LogP contribution in [0.15, 0.2) is 30.3 Å². The lowest BCUT2D eigenvalue weighted by Gasteiger charge is -2.49. The van der Waals surface area contributed by atoms with Crippen LogP contribution in [0.1, 0.15) is 24.2 Å². The predicted molar refractivity (Wildman–Crippen MR) is 79.8 cm³/mol. The maximum Gasteiger partial charge on any atom is 0.254 e. The number of amides is 2. The molecule has 0 unspecified atom stereocenters. The minimum absolute atomic E-state index is 0.0297. The molecule has 1 aromatic rings. The van der Waals surface area contributed by atoms with Crippen LogP contribution in [0.2, 0.25) is 0 Å². The third-order valence-electron chi connectivity index (χ3n) is 4.10. The molecule has 0 aromatic heterocycles. The average molecular weight is 290 g/mol. The number of hydrogen-bond donors (Lipinski definition) is 1. The van der Waals surface area contributed by atoms with Crippen LogP contribution in [0, 0.1) is 5.92 Å². The molecule has 2 amide bonds. The van der Waals surface area contributed by atoms with Gasteiger partial charge < -0.3 is 14.9 Å². The van der Waals surface area contributed by atoms with Crippen molar-refractivity contribution in [1.29, 1.82) is 0 Å². The summed E-state index contributed by atoms with van der Waals surface area (Å²) in [6.07, 6.45) is 0. The number of carbonyl (C=O) groups is 2. The van der Waals surface area contributed by atoms with E-state index in [2.05, 4.69) is 0 Å². The molecule has 0 saturated carbocycles. The zero-order valence-electron chi connectivity index (χ0n) is 12.7. The molecule has 1 heterocycles. The van der Waals surface area contributed by atoms with Crippen molar-refractivity contribution in [3.63, 3.8) is 0 Å². The molecule has 1 fully saturated rings. The standard InChI is InChI=1S/C16H22N2O3/c1-12(2)16(21)10-18(11-16)14(19)9-17(3)15(20)13-7-5-4-6-8-13/h4-8,12,21H,9-11H2,1-3H3. The Bertz CT molecular complexity index is 522. The molecule has 0 atom stereocenters. The first-order valence-electron chi connectivity index (χ1n) is 7.14. The smallest absolute Gasteiger partial charge is 0.254 e. The maximum absolute atomic E-state index is 12.2. The highest BCUT2D eigenvalue weighted by Gasteiger charge is 2.45. The Labute approximate surface area is 125 Å². The molecular weight excluding hydrogens is 268 g/mol. The van der Waals surface area contributed by atoms with Gasteiger partial charge in [-0.3, -0.25) is 9.59 Å². The summed E-state index contributed by atoms with van der Waals surface area (Å²) in [7, 11) is 1.61. The normalized spacial score (nSPS) is 16.5. The van der Waals surface area contributed by atoms with Crippen molar-refractivity contribution in [3.05, 3.63) is 35.9 Å². The van der Waals surface area contributed by atoms with E-state index in [1.165, 1.54) is 4.90 Å². The van der Waals surface area contributed by atoms with E-state index in [4.69, 9.17) is 0 Å². The number of likely N-dealkylation sites (N-methyl/N-ethyl adjacent to an activating group) is 1. The van der Waals surface area contributed by atoms with E-state index >= 15 is 0 Å². The fraction of sp³-hybridized carbons (Fsp3) is 0.500. The first kappa shape index (κ1) is 15.5. The molecule has 0 radical (unpaired) electrons. The molecule has 1 saturated heterocycles. The van der Waals surface area contributed by atoms with Gasteiger partial charge in [0, 0.05) is 12.6 Å². The van der Waals surface area contributed by atoms with E-state index in [9.17, 15) is 14.7 Å². The van der Waals surface area contributed by atoms with Gasteiger partial charge in [0.2, 0.25) is 5.91 Å². The van der Waals surface area contributed by atoms with Crippen LogP contribution in [0.5, 0.6) is 0 Å². The summed E-state index contributed by atoms with van der Waals surface area (Å²) < 4.78 is 0. The van der Waals surface area contributed by atoms with Gasteiger partial charge in [0.1, 0.15) is 5.60 Å². The summed E-state index contributed by atoms with van der Waals surface area (Å²) in [6, 6.07) is 8.88. The molecule has 1 N–H and O–H groups in total. The Kier molecular flexibility index (Phi) is 4.32. The fourth-order valence-electron chi connectivity index (χ4n) is 2.33. The van der Waals surface area contributed by atoms with Gasteiger partial charge >= 0.3 is 0 Å². The van der Waals surface area contributed by atoms with Gasteiger partial charge in [-0.15, -0.1) is 0 Å². The van der Waals surface area contributed by atoms with Gasteiger partial charge in [-0.25, -0.2) is 0 Å². The monoisotopic (exact) mass is 290 g/mol. The van der Waals surface area contributed by atoms with Crippen molar-refractivity contribution in [2.45, 2.75) is 19.4 Å². The number of hydrogen-bond acceptors (Lipinski definition) is 3. The Balaban J connectivity index is 1.88. The fourth-order valence-corrected chi connectivity index (χ4v) is 2.33. The van der Waals surface area contributed by atoms with Gasteiger partial charge in [0.05, 0.1) is 19.6 Å². The lowest BCUT2D eigenvalue weighted by Crippen LogP contribution is -2.67. The molecule has 1 aliphatic heterocycles. The van der Waals surface area contributed by atoms with E-state index < -0.39 is 5.60 Å². The third-order valence-corrected chi connectivity index (χ3v) is 4.10. The van der Waals surface area contributed by atoms with E-state index in [0.29, 0.717) is 18.7 Å². The molecule has 21 heavy (non-hydrogen) atoms. The van der Waals surface area contributed by atoms with Gasteiger partial charge in [0.15, 0.2) is 0 Å². The lowest BCUT2D eigenvalue weighted by atomic mass is 9.83. The van der Waals surface area contributed by atoms with Gasteiger partial charge in [-0.2, -0.15) is 0 Å². The van der Waals surface area contributed by atoms with Crippen LogP contribution in [-0.4, -0.2) is 59.0 Å². The van der Waals surface area contributed by atoms with E-state index in [-0.39, 0.29) is 24.3 Å². The first-order chi connectivity index (χ1) is 9.83. The quantitative estimate of drug-likeness (QED) is 0.899. The highest BCUT2D eigenvalue weighted by Crippen LogP contribution is 2.28. The van der Waals surface area contributed by atoms with Crippen LogP contribution in [0.25, 0.3) is 0 Å². The number of carbonyl (C=O) groups excluding carboxylic acids is 2. The second-order valence-corrected chi connectivity index (χ2v) is 6.04. The van der Waals surface area contributed by atoms with Gasteiger partial charge in [-0.1, -0.05) is 32.0 Å². The second-order valence-electron chi connectivity index (χ2n) is 6.04. The van der Waals surface area contributed by atoms with Crippen molar-refractivity contribution in [3.8, 4) is 0 Å². The molecule has 0 spiro atoms. The average Bonchev–Trinajstić information content (AvgIpc) is 2.43. The Morgan fingerprint density at radius 2 is 1.86 bits per heavy atom. The predicted octanol–water partition coefficient (Wildman–Crippen LogP) is 0.988. The molecule has 5 heteroatoms. The summed E-state index contributed by atoms with van der Waals surface area (Å²) in [4.78, 5) is 27.3. The van der Waals surface area contributed by atoms with Crippen molar-refractivity contribution >= 4 is 11.8 Å². The first-order valence-corrected chi connectivity index (χ1v) is 7.14. The van der Waals surface area contributed by atoms with Crippen LogP contribution >= 0.6 is 0 Å². The third kappa shape index (κ3) is 3.24. The number of benzene rings is 1. The molecule has 1 aromatic carbocycles. The number of rotatable bonds is 4. The lowest BCUT2D eigenvalue weighted by molar-refractivity contribution is -0.164. The van der Waals surface area contributed by atoms with Gasteiger partial charge in [0.25, 0.3) is 5.91 Å². The second kappa shape index (κ2) is 5.85. The molecule has 0 bridgehead atoms. The van der Waals surface area contributed by atoms with E-state index in [1.54, 1.807) is 36.2 Å². The van der Waals surface area contributed by atoms with E-state index in [1.807, 2.05) is 19.9 Å². The zero-order chi connectivity index (χ0) is 15.6. The van der Waals surface area contributed by atoms with Crippen molar-refractivity contribution in [1.82, 2.24) is 9.80 Å². The highest BCUT2D eigenvalue weighted by molar-refractivity contribution is 5.96. The molecular formula is C16H22N2O3. The van der Waals surface area contributed by atoms with Crippen LogP contribution in [0.4, 0.5) is 0 Å².